The molecule has 1 saturated heterocycles. The number of benzene rings is 2. The lowest BCUT2D eigenvalue weighted by Gasteiger charge is -2.35. The van der Waals surface area contributed by atoms with Crippen LogP contribution in [0.5, 0.6) is 0 Å². The Kier molecular flexibility index (Phi) is 6.45. The van der Waals surface area contributed by atoms with Crippen molar-refractivity contribution in [2.24, 2.45) is 0 Å². The Morgan fingerprint density at radius 2 is 1.57 bits per heavy atom. The Morgan fingerprint density at radius 1 is 0.914 bits per heavy atom. The molecule has 7 nitrogen and oxygen atoms in total. The molecule has 35 heavy (non-hydrogen) atoms. The molecule has 3 heterocycles. The van der Waals surface area contributed by atoms with E-state index in [2.05, 4.69) is 87.8 Å². The normalized spacial score (nSPS) is 14.1. The van der Waals surface area contributed by atoms with Crippen molar-refractivity contribution in [3.63, 3.8) is 0 Å². The summed E-state index contributed by atoms with van der Waals surface area (Å²) in [4.78, 5) is 8.96. The van der Waals surface area contributed by atoms with E-state index in [4.69, 9.17) is 17.3 Å². The number of aryl methyl sites for hydroxylation is 2. The first kappa shape index (κ1) is 23.0. The fourth-order valence-corrected chi connectivity index (χ4v) is 4.63. The number of hydrogen-bond donors (Lipinski definition) is 0. The summed E-state index contributed by atoms with van der Waals surface area (Å²) in [6.07, 6.45) is 1.74. The van der Waals surface area contributed by atoms with E-state index in [1.54, 1.807) is 12.3 Å². The third kappa shape index (κ3) is 4.74. The van der Waals surface area contributed by atoms with Crippen LogP contribution in [0.3, 0.4) is 0 Å². The molecule has 0 bridgehead atoms. The van der Waals surface area contributed by atoms with Gasteiger partial charge in [0, 0.05) is 43.6 Å². The van der Waals surface area contributed by atoms with E-state index >= 15 is 0 Å². The molecule has 0 radical (unpaired) electrons. The summed E-state index contributed by atoms with van der Waals surface area (Å²) in [5, 5.41) is 14.4. The highest BCUT2D eigenvalue weighted by molar-refractivity contribution is 7.71. The van der Waals surface area contributed by atoms with Gasteiger partial charge in [-0.3, -0.25) is 9.47 Å². The van der Waals surface area contributed by atoms with Gasteiger partial charge in [0.25, 0.3) is 0 Å². The Balaban J connectivity index is 1.41. The lowest BCUT2D eigenvalue weighted by molar-refractivity contribution is 0.194. The van der Waals surface area contributed by atoms with Crippen molar-refractivity contribution in [3.05, 3.63) is 88.3 Å². The number of anilines is 1. The number of rotatable bonds is 5. The average Bonchev–Trinajstić information content (AvgIpc) is 3.21. The first-order valence-corrected chi connectivity index (χ1v) is 12.1. The Morgan fingerprint density at radius 3 is 2.23 bits per heavy atom. The molecule has 0 saturated carbocycles. The standard InChI is InChI=1S/C27H27N7S/c1-20-5-9-22(10-6-20)26-30-33(27(35)34(26)24-11-7-21(2)8-12-24)19-31-14-16-32(17-15-31)25-23(18-28)4-3-13-29-25/h3-13H,14-17,19H2,1-2H3. The van der Waals surface area contributed by atoms with Gasteiger partial charge in [-0.2, -0.15) is 5.26 Å². The summed E-state index contributed by atoms with van der Waals surface area (Å²) in [5.74, 6) is 1.60. The smallest absolute Gasteiger partial charge is 0.204 e. The minimum Gasteiger partial charge on any atom is -0.353 e. The second-order valence-electron chi connectivity index (χ2n) is 8.88. The minimum atomic E-state index is 0.609. The van der Waals surface area contributed by atoms with Crippen LogP contribution in [-0.2, 0) is 6.67 Å². The molecule has 0 spiro atoms. The molecule has 176 valence electrons. The van der Waals surface area contributed by atoms with E-state index < -0.39 is 0 Å². The summed E-state index contributed by atoms with van der Waals surface area (Å²) >= 11 is 5.93. The maximum atomic E-state index is 9.42. The van der Waals surface area contributed by atoms with Crippen LogP contribution < -0.4 is 4.90 Å². The second kappa shape index (κ2) is 9.82. The van der Waals surface area contributed by atoms with E-state index in [0.29, 0.717) is 17.0 Å². The summed E-state index contributed by atoms with van der Waals surface area (Å²) < 4.78 is 4.65. The van der Waals surface area contributed by atoms with Crippen molar-refractivity contribution in [2.75, 3.05) is 31.1 Å². The van der Waals surface area contributed by atoms with Crippen LogP contribution in [0.2, 0.25) is 0 Å². The van der Waals surface area contributed by atoms with Crippen molar-refractivity contribution in [3.8, 4) is 23.1 Å². The van der Waals surface area contributed by atoms with Gasteiger partial charge in [0.15, 0.2) is 5.82 Å². The predicted molar refractivity (Wildman–Crippen MR) is 140 cm³/mol. The molecule has 0 amide bonds. The molecule has 1 aliphatic heterocycles. The van der Waals surface area contributed by atoms with Crippen LogP contribution in [0.15, 0.2) is 66.9 Å². The van der Waals surface area contributed by atoms with Crippen molar-refractivity contribution in [1.29, 1.82) is 5.26 Å². The fraction of sp³-hybridized carbons (Fsp3) is 0.259. The highest BCUT2D eigenvalue weighted by Crippen LogP contribution is 2.24. The van der Waals surface area contributed by atoms with E-state index in [1.807, 2.05) is 10.7 Å². The van der Waals surface area contributed by atoms with Gasteiger partial charge in [0.1, 0.15) is 11.9 Å². The number of nitriles is 1. The number of nitrogens with zero attached hydrogens (tertiary/aromatic N) is 7. The van der Waals surface area contributed by atoms with Gasteiger partial charge in [-0.15, -0.1) is 5.10 Å². The summed E-state index contributed by atoms with van der Waals surface area (Å²) in [5.41, 5.74) is 5.06. The monoisotopic (exact) mass is 481 g/mol. The quantitative estimate of drug-likeness (QED) is 0.384. The lowest BCUT2D eigenvalue weighted by atomic mass is 10.1. The molecule has 4 aromatic rings. The van der Waals surface area contributed by atoms with E-state index in [0.717, 1.165) is 49.1 Å². The zero-order chi connectivity index (χ0) is 24.4. The highest BCUT2D eigenvalue weighted by Gasteiger charge is 2.22. The molecule has 0 unspecified atom stereocenters. The van der Waals surface area contributed by atoms with Gasteiger partial charge < -0.3 is 4.90 Å². The third-order valence-electron chi connectivity index (χ3n) is 6.35. The maximum Gasteiger partial charge on any atom is 0.204 e. The van der Waals surface area contributed by atoms with Crippen molar-refractivity contribution in [2.45, 2.75) is 20.5 Å². The highest BCUT2D eigenvalue weighted by atomic mass is 32.1. The lowest BCUT2D eigenvalue weighted by Crippen LogP contribution is -2.47. The molecule has 5 rings (SSSR count). The summed E-state index contributed by atoms with van der Waals surface area (Å²) in [6.45, 7) is 8.03. The molecule has 0 N–H and O–H groups in total. The van der Waals surface area contributed by atoms with Crippen LogP contribution in [0.4, 0.5) is 5.82 Å². The summed E-state index contributed by atoms with van der Waals surface area (Å²) in [7, 11) is 0. The van der Waals surface area contributed by atoms with Gasteiger partial charge in [0.2, 0.25) is 4.77 Å². The number of piperazine rings is 1. The van der Waals surface area contributed by atoms with Crippen molar-refractivity contribution in [1.82, 2.24) is 24.2 Å². The van der Waals surface area contributed by atoms with Gasteiger partial charge in [-0.05, 0) is 50.3 Å². The van der Waals surface area contributed by atoms with Crippen LogP contribution in [0, 0.1) is 29.9 Å². The first-order valence-electron chi connectivity index (χ1n) is 11.7. The number of hydrogen-bond acceptors (Lipinski definition) is 6. The van der Waals surface area contributed by atoms with Crippen LogP contribution in [0.1, 0.15) is 16.7 Å². The SMILES string of the molecule is Cc1ccc(-c2nn(CN3CCN(c4ncccc4C#N)CC3)c(=S)n2-c2ccc(C)cc2)cc1. The zero-order valence-corrected chi connectivity index (χ0v) is 20.7. The maximum absolute atomic E-state index is 9.42. The zero-order valence-electron chi connectivity index (χ0n) is 19.9. The molecule has 8 heteroatoms. The van der Waals surface area contributed by atoms with Crippen LogP contribution in [-0.4, -0.2) is 50.4 Å². The molecule has 2 aromatic heterocycles. The fourth-order valence-electron chi connectivity index (χ4n) is 4.34. The van der Waals surface area contributed by atoms with E-state index in [1.165, 1.54) is 11.1 Å². The molecular weight excluding hydrogens is 454 g/mol. The molecule has 0 aliphatic carbocycles. The Hall–Kier alpha value is -3.80. The molecular formula is C27H27N7S. The van der Waals surface area contributed by atoms with Gasteiger partial charge >= 0.3 is 0 Å². The van der Waals surface area contributed by atoms with Gasteiger partial charge in [0.05, 0.1) is 12.2 Å². The Bertz CT molecular complexity index is 1420. The average molecular weight is 482 g/mol. The predicted octanol–water partition coefficient (Wildman–Crippen LogP) is 4.73. The third-order valence-corrected chi connectivity index (χ3v) is 6.75. The van der Waals surface area contributed by atoms with Crippen LogP contribution in [0.25, 0.3) is 17.1 Å². The van der Waals surface area contributed by atoms with E-state index in [9.17, 15) is 5.26 Å². The molecule has 1 aliphatic rings. The van der Waals surface area contributed by atoms with E-state index in [-0.39, 0.29) is 0 Å². The van der Waals surface area contributed by atoms with Gasteiger partial charge in [-0.25, -0.2) is 9.67 Å². The minimum absolute atomic E-state index is 0.609. The van der Waals surface area contributed by atoms with Crippen LogP contribution >= 0.6 is 12.2 Å². The van der Waals surface area contributed by atoms with Crippen molar-refractivity contribution < 1.29 is 0 Å². The molecule has 0 atom stereocenters. The second-order valence-corrected chi connectivity index (χ2v) is 9.24. The molecule has 2 aromatic carbocycles. The summed E-state index contributed by atoms with van der Waals surface area (Å²) in [6, 6.07) is 22.6. The van der Waals surface area contributed by atoms with Crippen molar-refractivity contribution >= 4 is 18.0 Å². The largest absolute Gasteiger partial charge is 0.353 e. The Labute approximate surface area is 210 Å². The number of pyridine rings is 1. The number of aromatic nitrogens is 4. The topological polar surface area (TPSA) is 65.9 Å². The van der Waals surface area contributed by atoms with Gasteiger partial charge in [-0.1, -0.05) is 47.5 Å². The molecule has 1 fully saturated rings. The first-order chi connectivity index (χ1) is 17.0.